The number of furan rings is 1. The zero-order chi connectivity index (χ0) is 18.2. The van der Waals surface area contributed by atoms with Crippen LogP contribution < -0.4 is 15.4 Å². The molecular formula is C20H27N3O2S. The van der Waals surface area contributed by atoms with E-state index in [0.717, 1.165) is 31.1 Å². The van der Waals surface area contributed by atoms with E-state index in [2.05, 4.69) is 27.7 Å². The maximum Gasteiger partial charge on any atom is 0.166 e. The van der Waals surface area contributed by atoms with Crippen molar-refractivity contribution in [1.82, 2.24) is 15.5 Å². The lowest BCUT2D eigenvalue weighted by atomic mass is 10.0. The summed E-state index contributed by atoms with van der Waals surface area (Å²) in [5.74, 6) is 1.76. The summed E-state index contributed by atoms with van der Waals surface area (Å²) in [7, 11) is 1.70. The molecule has 0 saturated carbocycles. The summed E-state index contributed by atoms with van der Waals surface area (Å²) in [6, 6.07) is 12.5. The summed E-state index contributed by atoms with van der Waals surface area (Å²) >= 11 is 5.43. The predicted octanol–water partition coefficient (Wildman–Crippen LogP) is 3.48. The standard InChI is InChI=1S/C20H27N3O2S/c1-24-17-9-7-16(8-10-17)19(23-11-3-2-4-12-23)15-22-20(26)21-14-18-6-5-13-25-18/h5-10,13,19H,2-4,11-12,14-15H2,1H3,(H2,21,22,26)/t19-/m1/s1. The summed E-state index contributed by atoms with van der Waals surface area (Å²) in [5.41, 5.74) is 1.29. The van der Waals surface area contributed by atoms with Gasteiger partial charge in [0, 0.05) is 6.54 Å². The minimum atomic E-state index is 0.296. The molecule has 0 aliphatic carbocycles. The van der Waals surface area contributed by atoms with Crippen LogP contribution in [0.2, 0.25) is 0 Å². The van der Waals surface area contributed by atoms with Gasteiger partial charge in [0.05, 0.1) is 26.0 Å². The van der Waals surface area contributed by atoms with E-state index < -0.39 is 0 Å². The van der Waals surface area contributed by atoms with Gasteiger partial charge in [0.2, 0.25) is 0 Å². The molecule has 1 aliphatic rings. The number of likely N-dealkylation sites (tertiary alicyclic amines) is 1. The Balaban J connectivity index is 1.59. The highest BCUT2D eigenvalue weighted by Crippen LogP contribution is 2.25. The SMILES string of the molecule is COc1ccc([C@@H](CNC(=S)NCc2ccco2)N2CCCCC2)cc1. The fourth-order valence-corrected chi connectivity index (χ4v) is 3.50. The van der Waals surface area contributed by atoms with Gasteiger partial charge in [-0.2, -0.15) is 0 Å². The second kappa shape index (κ2) is 9.59. The van der Waals surface area contributed by atoms with Gasteiger partial charge in [-0.1, -0.05) is 18.6 Å². The van der Waals surface area contributed by atoms with Crippen LogP contribution in [0, 0.1) is 0 Å². The fraction of sp³-hybridized carbons (Fsp3) is 0.450. The molecule has 140 valence electrons. The van der Waals surface area contributed by atoms with Gasteiger partial charge in [0.15, 0.2) is 5.11 Å². The Bertz CT molecular complexity index is 667. The van der Waals surface area contributed by atoms with Gasteiger partial charge in [-0.15, -0.1) is 0 Å². The number of nitrogens with zero attached hydrogens (tertiary/aromatic N) is 1. The number of thiocarbonyl (C=S) groups is 1. The summed E-state index contributed by atoms with van der Waals surface area (Å²) in [4.78, 5) is 2.55. The van der Waals surface area contributed by atoms with Gasteiger partial charge >= 0.3 is 0 Å². The minimum Gasteiger partial charge on any atom is -0.497 e. The minimum absolute atomic E-state index is 0.296. The van der Waals surface area contributed by atoms with E-state index in [9.17, 15) is 0 Å². The number of benzene rings is 1. The van der Waals surface area contributed by atoms with Crippen molar-refractivity contribution in [3.05, 3.63) is 54.0 Å². The average Bonchev–Trinajstić information content (AvgIpc) is 3.21. The maximum absolute atomic E-state index is 5.43. The van der Waals surface area contributed by atoms with Crippen molar-refractivity contribution in [2.24, 2.45) is 0 Å². The lowest BCUT2D eigenvalue weighted by Crippen LogP contribution is -2.43. The molecule has 0 bridgehead atoms. The molecule has 1 aliphatic heterocycles. The van der Waals surface area contributed by atoms with Gasteiger partial charge in [-0.3, -0.25) is 4.90 Å². The molecule has 0 unspecified atom stereocenters. The third-order valence-electron chi connectivity index (χ3n) is 4.79. The van der Waals surface area contributed by atoms with Crippen molar-refractivity contribution in [3.8, 4) is 5.75 Å². The van der Waals surface area contributed by atoms with Crippen LogP contribution in [0.4, 0.5) is 0 Å². The first kappa shape index (κ1) is 18.7. The van der Waals surface area contributed by atoms with Crippen LogP contribution in [-0.4, -0.2) is 36.8 Å². The molecule has 0 spiro atoms. The van der Waals surface area contributed by atoms with Crippen LogP contribution in [0.1, 0.15) is 36.6 Å². The molecule has 1 saturated heterocycles. The summed E-state index contributed by atoms with van der Waals surface area (Å²) < 4.78 is 10.6. The molecule has 6 heteroatoms. The van der Waals surface area contributed by atoms with Crippen LogP contribution in [0.5, 0.6) is 5.75 Å². The zero-order valence-electron chi connectivity index (χ0n) is 15.2. The number of nitrogens with one attached hydrogen (secondary N) is 2. The monoisotopic (exact) mass is 373 g/mol. The molecule has 2 aromatic rings. The van der Waals surface area contributed by atoms with Crippen molar-refractivity contribution in [3.63, 3.8) is 0 Å². The summed E-state index contributed by atoms with van der Waals surface area (Å²) in [6.07, 6.45) is 5.51. The molecule has 5 nitrogen and oxygen atoms in total. The first-order valence-electron chi connectivity index (χ1n) is 9.18. The van der Waals surface area contributed by atoms with E-state index in [-0.39, 0.29) is 0 Å². The molecule has 1 aromatic carbocycles. The number of hydrogen-bond donors (Lipinski definition) is 2. The molecule has 1 aromatic heterocycles. The van der Waals surface area contributed by atoms with E-state index in [0.29, 0.717) is 17.7 Å². The van der Waals surface area contributed by atoms with Crippen molar-refractivity contribution in [2.75, 3.05) is 26.7 Å². The molecule has 26 heavy (non-hydrogen) atoms. The highest BCUT2D eigenvalue weighted by Gasteiger charge is 2.22. The van der Waals surface area contributed by atoms with E-state index >= 15 is 0 Å². The van der Waals surface area contributed by atoms with Crippen LogP contribution in [0.25, 0.3) is 0 Å². The van der Waals surface area contributed by atoms with Crippen LogP contribution in [0.15, 0.2) is 47.1 Å². The summed E-state index contributed by atoms with van der Waals surface area (Å²) in [6.45, 7) is 3.63. The smallest absolute Gasteiger partial charge is 0.166 e. The second-order valence-electron chi connectivity index (χ2n) is 6.53. The van der Waals surface area contributed by atoms with Crippen molar-refractivity contribution in [2.45, 2.75) is 31.8 Å². The zero-order valence-corrected chi connectivity index (χ0v) is 16.1. The largest absolute Gasteiger partial charge is 0.497 e. The van der Waals surface area contributed by atoms with Crippen molar-refractivity contribution < 1.29 is 9.15 Å². The highest BCUT2D eigenvalue weighted by molar-refractivity contribution is 7.80. The number of methoxy groups -OCH3 is 1. The number of hydrogen-bond acceptors (Lipinski definition) is 4. The normalized spacial score (nSPS) is 16.0. The Hall–Kier alpha value is -2.05. The van der Waals surface area contributed by atoms with Crippen LogP contribution in [-0.2, 0) is 6.54 Å². The Morgan fingerprint density at radius 1 is 1.15 bits per heavy atom. The number of piperidine rings is 1. The van der Waals surface area contributed by atoms with E-state index in [1.165, 1.54) is 24.8 Å². The Labute approximate surface area is 160 Å². The summed E-state index contributed by atoms with van der Waals surface area (Å²) in [5, 5.41) is 7.23. The Kier molecular flexibility index (Phi) is 6.91. The van der Waals surface area contributed by atoms with Gasteiger partial charge < -0.3 is 19.8 Å². The number of rotatable bonds is 7. The van der Waals surface area contributed by atoms with Gasteiger partial charge in [-0.05, 0) is 68.0 Å². The highest BCUT2D eigenvalue weighted by atomic mass is 32.1. The topological polar surface area (TPSA) is 49.7 Å². The lowest BCUT2D eigenvalue weighted by molar-refractivity contribution is 0.164. The van der Waals surface area contributed by atoms with E-state index in [4.69, 9.17) is 21.4 Å². The fourth-order valence-electron chi connectivity index (χ4n) is 3.35. The second-order valence-corrected chi connectivity index (χ2v) is 6.94. The van der Waals surface area contributed by atoms with Crippen LogP contribution >= 0.6 is 12.2 Å². The molecule has 2 heterocycles. The Morgan fingerprint density at radius 2 is 1.92 bits per heavy atom. The molecular weight excluding hydrogens is 346 g/mol. The molecule has 1 atom stereocenters. The van der Waals surface area contributed by atoms with Crippen molar-refractivity contribution in [1.29, 1.82) is 0 Å². The van der Waals surface area contributed by atoms with E-state index in [1.807, 2.05) is 24.3 Å². The molecule has 2 N–H and O–H groups in total. The molecule has 1 fully saturated rings. The van der Waals surface area contributed by atoms with Crippen LogP contribution in [0.3, 0.4) is 0 Å². The van der Waals surface area contributed by atoms with Gasteiger partial charge in [0.25, 0.3) is 0 Å². The lowest BCUT2D eigenvalue weighted by Gasteiger charge is -2.35. The first-order chi connectivity index (χ1) is 12.8. The number of ether oxygens (including phenoxy) is 1. The third kappa shape index (κ3) is 5.22. The quantitative estimate of drug-likeness (QED) is 0.725. The Morgan fingerprint density at radius 3 is 2.58 bits per heavy atom. The molecule has 3 rings (SSSR count). The molecule has 0 radical (unpaired) electrons. The van der Waals surface area contributed by atoms with Gasteiger partial charge in [-0.25, -0.2) is 0 Å². The maximum atomic E-state index is 5.43. The van der Waals surface area contributed by atoms with Crippen molar-refractivity contribution >= 4 is 17.3 Å². The third-order valence-corrected chi connectivity index (χ3v) is 5.08. The van der Waals surface area contributed by atoms with Gasteiger partial charge in [0.1, 0.15) is 11.5 Å². The predicted molar refractivity (Wildman–Crippen MR) is 107 cm³/mol. The first-order valence-corrected chi connectivity index (χ1v) is 9.59. The molecule has 0 amide bonds. The average molecular weight is 374 g/mol. The van der Waals surface area contributed by atoms with E-state index in [1.54, 1.807) is 13.4 Å².